The number of aliphatic hydroxyl groups excluding tert-OH is 1. The Bertz CT molecular complexity index is 638. The maximum atomic E-state index is 12.5. The Morgan fingerprint density at radius 2 is 1.27 bits per heavy atom. The standard InChI is InChI=1S/C18H32N4O8/c1-8(2)5-10(15(26)21-11(18(29)30)6-13(24)25)20-16(27)12(7-23)22-17(28)14(19)9(3)4/h8-12,14,23H,5-7,19H2,1-4H3,(H,20,27)(H,21,26)(H,22,28)(H,24,25)(H,29,30). The van der Waals surface area contributed by atoms with Crippen molar-refractivity contribution in [3.05, 3.63) is 0 Å². The molecule has 0 saturated carbocycles. The minimum Gasteiger partial charge on any atom is -0.481 e. The summed E-state index contributed by atoms with van der Waals surface area (Å²) >= 11 is 0. The van der Waals surface area contributed by atoms with Crippen LogP contribution in [0, 0.1) is 11.8 Å². The van der Waals surface area contributed by atoms with Gasteiger partial charge in [-0.1, -0.05) is 27.7 Å². The van der Waals surface area contributed by atoms with Gasteiger partial charge in [-0.2, -0.15) is 0 Å². The number of aliphatic hydroxyl groups is 1. The van der Waals surface area contributed by atoms with Crippen LogP contribution in [0.15, 0.2) is 0 Å². The third-order valence-corrected chi connectivity index (χ3v) is 4.17. The Morgan fingerprint density at radius 3 is 1.67 bits per heavy atom. The van der Waals surface area contributed by atoms with E-state index in [1.165, 1.54) is 0 Å². The van der Waals surface area contributed by atoms with Crippen LogP contribution in [0.3, 0.4) is 0 Å². The third-order valence-electron chi connectivity index (χ3n) is 4.17. The lowest BCUT2D eigenvalue weighted by Gasteiger charge is -2.25. The maximum absolute atomic E-state index is 12.5. The molecule has 0 aromatic rings. The molecule has 0 bridgehead atoms. The van der Waals surface area contributed by atoms with Crippen molar-refractivity contribution >= 4 is 29.7 Å². The Balaban J connectivity index is 5.31. The maximum Gasteiger partial charge on any atom is 0.326 e. The van der Waals surface area contributed by atoms with E-state index >= 15 is 0 Å². The molecule has 0 aliphatic heterocycles. The Labute approximate surface area is 174 Å². The molecule has 0 saturated heterocycles. The van der Waals surface area contributed by atoms with Crippen molar-refractivity contribution in [2.24, 2.45) is 17.6 Å². The molecular weight excluding hydrogens is 400 g/mol. The number of carboxylic acids is 2. The van der Waals surface area contributed by atoms with E-state index in [-0.39, 0.29) is 18.3 Å². The second-order valence-electron chi connectivity index (χ2n) is 7.70. The molecule has 12 nitrogen and oxygen atoms in total. The highest BCUT2D eigenvalue weighted by molar-refractivity contribution is 5.94. The molecule has 4 unspecified atom stereocenters. The third kappa shape index (κ3) is 9.65. The normalized spacial score (nSPS) is 15.1. The van der Waals surface area contributed by atoms with Crippen molar-refractivity contribution in [1.82, 2.24) is 16.0 Å². The minimum absolute atomic E-state index is 0.0969. The molecular formula is C18H32N4O8. The average molecular weight is 432 g/mol. The van der Waals surface area contributed by atoms with Crippen molar-refractivity contribution in [2.45, 2.75) is 64.7 Å². The number of hydrogen-bond donors (Lipinski definition) is 7. The van der Waals surface area contributed by atoms with E-state index in [4.69, 9.17) is 15.9 Å². The number of carbonyl (C=O) groups is 5. The highest BCUT2D eigenvalue weighted by Gasteiger charge is 2.31. The molecule has 4 atom stereocenters. The van der Waals surface area contributed by atoms with E-state index in [0.29, 0.717) is 0 Å². The summed E-state index contributed by atoms with van der Waals surface area (Å²) in [4.78, 5) is 59.0. The highest BCUT2D eigenvalue weighted by Crippen LogP contribution is 2.07. The number of rotatable bonds is 13. The van der Waals surface area contributed by atoms with Gasteiger partial charge in [-0.15, -0.1) is 0 Å². The zero-order chi connectivity index (χ0) is 23.6. The first-order chi connectivity index (χ1) is 13.8. The largest absolute Gasteiger partial charge is 0.481 e. The van der Waals surface area contributed by atoms with Crippen molar-refractivity contribution < 1.29 is 39.3 Å². The number of carboxylic acid groups (broad SMARTS) is 2. The van der Waals surface area contributed by atoms with E-state index in [1.54, 1.807) is 27.7 Å². The molecule has 0 rings (SSSR count). The van der Waals surface area contributed by atoms with Crippen LogP contribution >= 0.6 is 0 Å². The monoisotopic (exact) mass is 432 g/mol. The fourth-order valence-corrected chi connectivity index (χ4v) is 2.39. The predicted octanol–water partition coefficient (Wildman–Crippen LogP) is -1.98. The number of hydrogen-bond acceptors (Lipinski definition) is 7. The average Bonchev–Trinajstić information content (AvgIpc) is 2.62. The topological polar surface area (TPSA) is 208 Å². The van der Waals surface area contributed by atoms with Gasteiger partial charge >= 0.3 is 11.9 Å². The lowest BCUT2D eigenvalue weighted by atomic mass is 10.0. The van der Waals surface area contributed by atoms with E-state index in [9.17, 15) is 29.1 Å². The SMILES string of the molecule is CC(C)CC(NC(=O)C(CO)NC(=O)C(N)C(C)C)C(=O)NC(CC(=O)O)C(=O)O. The first kappa shape index (κ1) is 27.3. The smallest absolute Gasteiger partial charge is 0.326 e. The van der Waals surface area contributed by atoms with Crippen LogP contribution in [0.4, 0.5) is 0 Å². The van der Waals surface area contributed by atoms with Gasteiger partial charge in [0.1, 0.15) is 18.1 Å². The summed E-state index contributed by atoms with van der Waals surface area (Å²) in [6.07, 6.45) is -0.736. The summed E-state index contributed by atoms with van der Waals surface area (Å²) in [5, 5.41) is 34.1. The van der Waals surface area contributed by atoms with Gasteiger partial charge in [-0.25, -0.2) is 4.79 Å². The van der Waals surface area contributed by atoms with Gasteiger partial charge in [0.15, 0.2) is 0 Å². The van der Waals surface area contributed by atoms with E-state index in [0.717, 1.165) is 0 Å². The number of nitrogens with one attached hydrogen (secondary N) is 3. The van der Waals surface area contributed by atoms with Gasteiger partial charge in [-0.3, -0.25) is 19.2 Å². The van der Waals surface area contributed by atoms with Crippen molar-refractivity contribution in [1.29, 1.82) is 0 Å². The van der Waals surface area contributed by atoms with Crippen LogP contribution in [0.2, 0.25) is 0 Å². The fourth-order valence-electron chi connectivity index (χ4n) is 2.39. The van der Waals surface area contributed by atoms with Gasteiger partial charge in [-0.05, 0) is 18.3 Å². The van der Waals surface area contributed by atoms with Gasteiger partial charge in [0.05, 0.1) is 19.1 Å². The second-order valence-corrected chi connectivity index (χ2v) is 7.70. The van der Waals surface area contributed by atoms with Crippen molar-refractivity contribution in [3.8, 4) is 0 Å². The summed E-state index contributed by atoms with van der Waals surface area (Å²) in [6.45, 7) is 6.17. The van der Waals surface area contributed by atoms with Crippen LogP contribution in [0.25, 0.3) is 0 Å². The van der Waals surface area contributed by atoms with Gasteiger partial charge < -0.3 is 37.0 Å². The van der Waals surface area contributed by atoms with E-state index in [1.807, 2.05) is 0 Å². The molecule has 0 aliphatic carbocycles. The summed E-state index contributed by atoms with van der Waals surface area (Å²) in [6, 6.07) is -5.18. The molecule has 30 heavy (non-hydrogen) atoms. The Morgan fingerprint density at radius 1 is 0.800 bits per heavy atom. The molecule has 0 aliphatic rings. The van der Waals surface area contributed by atoms with Gasteiger partial charge in [0, 0.05) is 0 Å². The molecule has 8 N–H and O–H groups in total. The molecule has 0 fully saturated rings. The molecule has 172 valence electrons. The number of amides is 3. The lowest BCUT2D eigenvalue weighted by Crippen LogP contribution is -2.58. The summed E-state index contributed by atoms with van der Waals surface area (Å²) in [5.41, 5.74) is 5.71. The van der Waals surface area contributed by atoms with Crippen LogP contribution in [0.5, 0.6) is 0 Å². The first-order valence-corrected chi connectivity index (χ1v) is 9.52. The lowest BCUT2D eigenvalue weighted by molar-refractivity contribution is -0.147. The number of nitrogens with two attached hydrogens (primary N) is 1. The zero-order valence-corrected chi connectivity index (χ0v) is 17.5. The zero-order valence-electron chi connectivity index (χ0n) is 17.5. The molecule has 3 amide bonds. The van der Waals surface area contributed by atoms with Gasteiger partial charge in [0.2, 0.25) is 17.7 Å². The molecule has 0 aromatic heterocycles. The first-order valence-electron chi connectivity index (χ1n) is 9.52. The predicted molar refractivity (Wildman–Crippen MR) is 105 cm³/mol. The second kappa shape index (κ2) is 12.8. The van der Waals surface area contributed by atoms with Crippen LogP contribution in [-0.4, -0.2) is 75.8 Å². The van der Waals surface area contributed by atoms with Crippen molar-refractivity contribution in [2.75, 3.05) is 6.61 Å². The highest BCUT2D eigenvalue weighted by atomic mass is 16.4. The number of aliphatic carboxylic acids is 2. The Hall–Kier alpha value is -2.73. The summed E-state index contributed by atoms with van der Waals surface area (Å²) in [5.74, 6) is -5.69. The van der Waals surface area contributed by atoms with E-state index in [2.05, 4.69) is 16.0 Å². The minimum atomic E-state index is -1.68. The van der Waals surface area contributed by atoms with Gasteiger partial charge in [0.25, 0.3) is 0 Å². The molecule has 0 spiro atoms. The summed E-state index contributed by atoms with van der Waals surface area (Å²) in [7, 11) is 0. The molecule has 0 radical (unpaired) electrons. The molecule has 0 heterocycles. The molecule has 0 aromatic carbocycles. The molecule has 12 heteroatoms. The number of carbonyl (C=O) groups excluding carboxylic acids is 3. The van der Waals surface area contributed by atoms with E-state index < -0.39 is 66.9 Å². The van der Waals surface area contributed by atoms with Crippen LogP contribution in [-0.2, 0) is 24.0 Å². The van der Waals surface area contributed by atoms with Crippen LogP contribution < -0.4 is 21.7 Å². The summed E-state index contributed by atoms with van der Waals surface area (Å²) < 4.78 is 0. The Kier molecular flexibility index (Phi) is 11.6. The van der Waals surface area contributed by atoms with Crippen LogP contribution in [0.1, 0.15) is 40.5 Å². The quantitative estimate of drug-likeness (QED) is 0.172. The fraction of sp³-hybridized carbons (Fsp3) is 0.722. The van der Waals surface area contributed by atoms with Crippen molar-refractivity contribution in [3.63, 3.8) is 0 Å².